The van der Waals surface area contributed by atoms with Gasteiger partial charge in [0, 0.05) is 13.1 Å². The number of amides is 2. The molecule has 0 aromatic carbocycles. The van der Waals surface area contributed by atoms with Gasteiger partial charge in [0.25, 0.3) is 0 Å². The van der Waals surface area contributed by atoms with Crippen molar-refractivity contribution in [2.24, 2.45) is 0 Å². The molecule has 4 nitrogen and oxygen atoms in total. The van der Waals surface area contributed by atoms with Crippen LogP contribution in [0.5, 0.6) is 0 Å². The summed E-state index contributed by atoms with van der Waals surface area (Å²) in [6.45, 7) is 7.03. The Kier molecular flexibility index (Phi) is 5.02. The Hall–Kier alpha value is -1.32. The van der Waals surface area contributed by atoms with Gasteiger partial charge in [-0.15, -0.1) is 0 Å². The molecule has 1 atom stereocenters. The lowest BCUT2D eigenvalue weighted by molar-refractivity contribution is -0.135. The van der Waals surface area contributed by atoms with Crippen LogP contribution in [0.15, 0.2) is 12.7 Å². The lowest BCUT2D eigenvalue weighted by Gasteiger charge is -2.24. The van der Waals surface area contributed by atoms with Crippen molar-refractivity contribution < 1.29 is 9.59 Å². The van der Waals surface area contributed by atoms with E-state index in [1.54, 1.807) is 0 Å². The molecule has 16 heavy (non-hydrogen) atoms. The zero-order valence-corrected chi connectivity index (χ0v) is 9.87. The van der Waals surface area contributed by atoms with Crippen LogP contribution in [0.1, 0.15) is 32.6 Å². The van der Waals surface area contributed by atoms with Gasteiger partial charge in [-0.3, -0.25) is 9.59 Å². The highest BCUT2D eigenvalue weighted by atomic mass is 16.2. The Morgan fingerprint density at radius 2 is 2.38 bits per heavy atom. The molecule has 90 valence electrons. The van der Waals surface area contributed by atoms with E-state index in [1.807, 2.05) is 4.90 Å². The van der Waals surface area contributed by atoms with Crippen LogP contribution in [-0.4, -0.2) is 35.8 Å². The van der Waals surface area contributed by atoms with Crippen LogP contribution in [0.25, 0.3) is 0 Å². The number of nitrogens with zero attached hydrogens (tertiary/aromatic N) is 1. The molecule has 0 radical (unpaired) electrons. The fourth-order valence-corrected chi connectivity index (χ4v) is 1.96. The molecule has 1 fully saturated rings. The fraction of sp³-hybridized carbons (Fsp3) is 0.667. The number of carbonyl (C=O) groups is 2. The van der Waals surface area contributed by atoms with Gasteiger partial charge in [-0.05, 0) is 31.8 Å². The summed E-state index contributed by atoms with van der Waals surface area (Å²) >= 11 is 0. The molecule has 0 aromatic rings. The molecule has 1 aliphatic rings. The van der Waals surface area contributed by atoms with Crippen molar-refractivity contribution in [2.45, 2.75) is 38.6 Å². The lowest BCUT2D eigenvalue weighted by atomic mass is 10.1. The van der Waals surface area contributed by atoms with Crippen LogP contribution in [0.4, 0.5) is 0 Å². The highest BCUT2D eigenvalue weighted by molar-refractivity contribution is 5.92. The molecular formula is C12H20N2O2. The van der Waals surface area contributed by atoms with Crippen molar-refractivity contribution >= 4 is 11.8 Å². The first-order chi connectivity index (χ1) is 7.69. The summed E-state index contributed by atoms with van der Waals surface area (Å²) in [5, 5.41) is 2.70. The maximum Gasteiger partial charge on any atom is 0.245 e. The maximum atomic E-state index is 12.1. The summed E-state index contributed by atoms with van der Waals surface area (Å²) in [7, 11) is 0. The molecule has 1 rings (SSSR count). The number of nitrogens with one attached hydrogen (secondary N) is 1. The first kappa shape index (κ1) is 12.7. The predicted molar refractivity (Wildman–Crippen MR) is 62.8 cm³/mol. The van der Waals surface area contributed by atoms with Gasteiger partial charge in [-0.2, -0.15) is 0 Å². The van der Waals surface area contributed by atoms with Gasteiger partial charge < -0.3 is 10.2 Å². The minimum Gasteiger partial charge on any atom is -0.341 e. The average Bonchev–Trinajstić information content (AvgIpc) is 2.44. The minimum atomic E-state index is -0.362. The summed E-state index contributed by atoms with van der Waals surface area (Å²) in [5.74, 6) is -0.216. The van der Waals surface area contributed by atoms with E-state index >= 15 is 0 Å². The molecule has 1 heterocycles. The zero-order chi connectivity index (χ0) is 12.0. The number of hydrogen-bond acceptors (Lipinski definition) is 2. The molecule has 4 heteroatoms. The Bertz CT molecular complexity index is 276. The van der Waals surface area contributed by atoms with Gasteiger partial charge in [0.15, 0.2) is 0 Å². The van der Waals surface area contributed by atoms with Crippen molar-refractivity contribution in [3.05, 3.63) is 12.7 Å². The normalized spacial score (nSPS) is 21.4. The topological polar surface area (TPSA) is 49.4 Å². The molecule has 0 aliphatic carbocycles. The molecule has 1 unspecified atom stereocenters. The van der Waals surface area contributed by atoms with Crippen LogP contribution in [0, 0.1) is 0 Å². The lowest BCUT2D eigenvalue weighted by Crippen LogP contribution is -2.47. The monoisotopic (exact) mass is 224 g/mol. The maximum absolute atomic E-state index is 12.1. The number of likely N-dealkylation sites (tertiary alicyclic amines) is 1. The highest BCUT2D eigenvalue weighted by Gasteiger charge is 2.26. The first-order valence-electron chi connectivity index (χ1n) is 5.90. The predicted octanol–water partition coefficient (Wildman–Crippen LogP) is 1.08. The number of hydrogen-bond donors (Lipinski definition) is 1. The molecule has 2 amide bonds. The fourth-order valence-electron chi connectivity index (χ4n) is 1.96. The largest absolute Gasteiger partial charge is 0.341 e. The summed E-state index contributed by atoms with van der Waals surface area (Å²) in [4.78, 5) is 25.1. The Morgan fingerprint density at radius 3 is 3.00 bits per heavy atom. The SMILES string of the molecule is C=CC(=O)NC1CCCCN(CCC)C1=O. The second-order valence-corrected chi connectivity index (χ2v) is 4.09. The zero-order valence-electron chi connectivity index (χ0n) is 9.87. The second-order valence-electron chi connectivity index (χ2n) is 4.09. The van der Waals surface area contributed by atoms with Gasteiger partial charge in [-0.25, -0.2) is 0 Å². The third-order valence-corrected chi connectivity index (χ3v) is 2.78. The van der Waals surface area contributed by atoms with E-state index in [0.717, 1.165) is 38.8 Å². The minimum absolute atomic E-state index is 0.0505. The number of rotatable bonds is 4. The smallest absolute Gasteiger partial charge is 0.245 e. The van der Waals surface area contributed by atoms with Crippen molar-refractivity contribution in [1.82, 2.24) is 10.2 Å². The quantitative estimate of drug-likeness (QED) is 0.726. The second kappa shape index (κ2) is 6.30. The molecule has 1 aliphatic heterocycles. The van der Waals surface area contributed by atoms with E-state index < -0.39 is 0 Å². The van der Waals surface area contributed by atoms with Crippen LogP contribution >= 0.6 is 0 Å². The summed E-state index contributed by atoms with van der Waals surface area (Å²) in [6.07, 6.45) is 4.90. The van der Waals surface area contributed by atoms with E-state index in [-0.39, 0.29) is 17.9 Å². The first-order valence-corrected chi connectivity index (χ1v) is 5.90. The standard InChI is InChI=1S/C12H20N2O2/c1-3-8-14-9-6-5-7-10(12(14)16)13-11(15)4-2/h4,10H,2-3,5-9H2,1H3,(H,13,15). The molecular weight excluding hydrogens is 204 g/mol. The van der Waals surface area contributed by atoms with Crippen molar-refractivity contribution in [3.8, 4) is 0 Å². The van der Waals surface area contributed by atoms with E-state index in [0.29, 0.717) is 0 Å². The molecule has 1 N–H and O–H groups in total. The molecule has 0 spiro atoms. The van der Waals surface area contributed by atoms with Crippen LogP contribution in [0.3, 0.4) is 0 Å². The van der Waals surface area contributed by atoms with Crippen molar-refractivity contribution in [2.75, 3.05) is 13.1 Å². The third kappa shape index (κ3) is 3.36. The summed E-state index contributed by atoms with van der Waals surface area (Å²) in [5.41, 5.74) is 0. The van der Waals surface area contributed by atoms with E-state index in [2.05, 4.69) is 18.8 Å². The van der Waals surface area contributed by atoms with Crippen molar-refractivity contribution in [3.63, 3.8) is 0 Å². The van der Waals surface area contributed by atoms with Gasteiger partial charge in [0.2, 0.25) is 11.8 Å². The molecule has 1 saturated heterocycles. The van der Waals surface area contributed by atoms with Gasteiger partial charge in [-0.1, -0.05) is 13.5 Å². The summed E-state index contributed by atoms with van der Waals surface area (Å²) in [6, 6.07) is -0.362. The average molecular weight is 224 g/mol. The van der Waals surface area contributed by atoms with E-state index in [1.165, 1.54) is 6.08 Å². The Morgan fingerprint density at radius 1 is 1.62 bits per heavy atom. The van der Waals surface area contributed by atoms with Gasteiger partial charge in [0.05, 0.1) is 0 Å². The molecule has 0 aromatic heterocycles. The van der Waals surface area contributed by atoms with Gasteiger partial charge in [0.1, 0.15) is 6.04 Å². The van der Waals surface area contributed by atoms with E-state index in [9.17, 15) is 9.59 Å². The van der Waals surface area contributed by atoms with E-state index in [4.69, 9.17) is 0 Å². The van der Waals surface area contributed by atoms with Crippen LogP contribution < -0.4 is 5.32 Å². The highest BCUT2D eigenvalue weighted by Crippen LogP contribution is 2.12. The molecule has 0 bridgehead atoms. The van der Waals surface area contributed by atoms with Crippen LogP contribution in [-0.2, 0) is 9.59 Å². The molecule has 0 saturated carbocycles. The Labute approximate surface area is 96.7 Å². The third-order valence-electron chi connectivity index (χ3n) is 2.78. The summed E-state index contributed by atoms with van der Waals surface area (Å²) < 4.78 is 0. The van der Waals surface area contributed by atoms with Crippen LogP contribution in [0.2, 0.25) is 0 Å². The van der Waals surface area contributed by atoms with Crippen molar-refractivity contribution in [1.29, 1.82) is 0 Å². The Balaban J connectivity index is 2.63. The number of carbonyl (C=O) groups excluding carboxylic acids is 2. The van der Waals surface area contributed by atoms with Gasteiger partial charge >= 0.3 is 0 Å².